The summed E-state index contributed by atoms with van der Waals surface area (Å²) < 4.78 is 26.3. The maximum atomic E-state index is 11.9. The first-order valence-corrected chi connectivity index (χ1v) is 7.31. The molecule has 8 heteroatoms. The van der Waals surface area contributed by atoms with Crippen molar-refractivity contribution < 1.29 is 13.5 Å². The van der Waals surface area contributed by atoms with Crippen LogP contribution in [0.4, 0.5) is 5.95 Å². The van der Waals surface area contributed by atoms with Gasteiger partial charge in [-0.3, -0.25) is 0 Å². The molecule has 2 aromatic rings. The van der Waals surface area contributed by atoms with Crippen LogP contribution < -0.4 is 10.5 Å². The van der Waals surface area contributed by atoms with Gasteiger partial charge in [0.05, 0.1) is 12.4 Å². The monoisotopic (exact) mass is 294 g/mol. The zero-order valence-corrected chi connectivity index (χ0v) is 11.3. The average molecular weight is 294 g/mol. The standard InChI is InChI=1S/C12H14N4O3S/c13-12-14-7-11(8-15-12)20(18,19)16-6-5-9-1-3-10(17)4-2-9/h1-4,7-8,16-17H,5-6H2,(H2,13,14,15). The minimum Gasteiger partial charge on any atom is -0.508 e. The van der Waals surface area contributed by atoms with E-state index in [1.165, 1.54) is 0 Å². The summed E-state index contributed by atoms with van der Waals surface area (Å²) >= 11 is 0. The lowest BCUT2D eigenvalue weighted by atomic mass is 10.1. The number of nitrogens with one attached hydrogen (secondary N) is 1. The highest BCUT2D eigenvalue weighted by Gasteiger charge is 2.14. The van der Waals surface area contributed by atoms with Crippen LogP contribution in [0.25, 0.3) is 0 Å². The molecule has 1 aromatic heterocycles. The van der Waals surface area contributed by atoms with Crippen molar-refractivity contribution in [2.45, 2.75) is 11.3 Å². The lowest BCUT2D eigenvalue weighted by molar-refractivity contribution is 0.475. The zero-order valence-electron chi connectivity index (χ0n) is 10.5. The van der Waals surface area contributed by atoms with Crippen LogP contribution in [-0.4, -0.2) is 30.0 Å². The maximum Gasteiger partial charge on any atom is 0.243 e. The summed E-state index contributed by atoms with van der Waals surface area (Å²) in [6.07, 6.45) is 2.83. The highest BCUT2D eigenvalue weighted by molar-refractivity contribution is 7.89. The van der Waals surface area contributed by atoms with E-state index in [0.29, 0.717) is 6.42 Å². The summed E-state index contributed by atoms with van der Waals surface area (Å²) in [5.41, 5.74) is 6.22. The van der Waals surface area contributed by atoms with Crippen molar-refractivity contribution in [2.24, 2.45) is 0 Å². The molecule has 20 heavy (non-hydrogen) atoms. The van der Waals surface area contributed by atoms with E-state index in [4.69, 9.17) is 10.8 Å². The SMILES string of the molecule is Nc1ncc(S(=O)(=O)NCCc2ccc(O)cc2)cn1. The highest BCUT2D eigenvalue weighted by atomic mass is 32.2. The van der Waals surface area contributed by atoms with Crippen molar-refractivity contribution in [2.75, 3.05) is 12.3 Å². The summed E-state index contributed by atoms with van der Waals surface area (Å²) in [5, 5.41) is 9.15. The number of sulfonamides is 1. The number of nitrogen functional groups attached to an aromatic ring is 1. The minimum absolute atomic E-state index is 0.0213. The van der Waals surface area contributed by atoms with Gasteiger partial charge in [-0.1, -0.05) is 12.1 Å². The molecule has 0 amide bonds. The molecule has 0 fully saturated rings. The third-order valence-electron chi connectivity index (χ3n) is 2.60. The van der Waals surface area contributed by atoms with Crippen LogP contribution in [0.5, 0.6) is 5.75 Å². The molecule has 7 nitrogen and oxygen atoms in total. The fraction of sp³-hybridized carbons (Fsp3) is 0.167. The topological polar surface area (TPSA) is 118 Å². The van der Waals surface area contributed by atoms with Gasteiger partial charge in [0.2, 0.25) is 16.0 Å². The number of hydrogen-bond acceptors (Lipinski definition) is 6. The lowest BCUT2D eigenvalue weighted by Gasteiger charge is -2.06. The molecule has 4 N–H and O–H groups in total. The number of nitrogens with two attached hydrogens (primary N) is 1. The molecule has 106 valence electrons. The van der Waals surface area contributed by atoms with Crippen molar-refractivity contribution in [1.82, 2.24) is 14.7 Å². The molecule has 1 aromatic carbocycles. The van der Waals surface area contributed by atoms with Gasteiger partial charge in [0.1, 0.15) is 10.6 Å². The molecule has 0 aliphatic heterocycles. The second-order valence-electron chi connectivity index (χ2n) is 4.09. The van der Waals surface area contributed by atoms with Crippen molar-refractivity contribution in [3.8, 4) is 5.75 Å². The number of anilines is 1. The van der Waals surface area contributed by atoms with Crippen molar-refractivity contribution >= 4 is 16.0 Å². The van der Waals surface area contributed by atoms with Crippen LogP contribution in [-0.2, 0) is 16.4 Å². The average Bonchev–Trinajstić information content (AvgIpc) is 2.41. The van der Waals surface area contributed by atoms with Crippen LogP contribution in [0, 0.1) is 0 Å². The lowest BCUT2D eigenvalue weighted by Crippen LogP contribution is -2.26. The number of phenols is 1. The van der Waals surface area contributed by atoms with Gasteiger partial charge in [0, 0.05) is 6.54 Å². The van der Waals surface area contributed by atoms with Gasteiger partial charge in [-0.15, -0.1) is 0 Å². The fourth-order valence-corrected chi connectivity index (χ4v) is 2.46. The highest BCUT2D eigenvalue weighted by Crippen LogP contribution is 2.10. The molecule has 0 atom stereocenters. The van der Waals surface area contributed by atoms with Crippen LogP contribution >= 0.6 is 0 Å². The second-order valence-corrected chi connectivity index (χ2v) is 5.86. The fourth-order valence-electron chi connectivity index (χ4n) is 1.54. The molecule has 0 unspecified atom stereocenters. The first-order chi connectivity index (χ1) is 9.47. The Hall–Kier alpha value is -2.19. The van der Waals surface area contributed by atoms with E-state index in [1.807, 2.05) is 0 Å². The Balaban J connectivity index is 1.96. The number of rotatable bonds is 5. The maximum absolute atomic E-state index is 11.9. The molecule has 0 radical (unpaired) electrons. The van der Waals surface area contributed by atoms with E-state index in [1.54, 1.807) is 24.3 Å². The van der Waals surface area contributed by atoms with E-state index in [9.17, 15) is 8.42 Å². The van der Waals surface area contributed by atoms with E-state index in [-0.39, 0.29) is 23.1 Å². The Morgan fingerprint density at radius 3 is 2.35 bits per heavy atom. The summed E-state index contributed by atoms with van der Waals surface area (Å²) in [7, 11) is -3.64. The molecular formula is C12H14N4O3S. The molecule has 0 aliphatic rings. The smallest absolute Gasteiger partial charge is 0.243 e. The van der Waals surface area contributed by atoms with Crippen molar-refractivity contribution in [3.05, 3.63) is 42.2 Å². The van der Waals surface area contributed by atoms with Crippen LogP contribution in [0.3, 0.4) is 0 Å². The van der Waals surface area contributed by atoms with E-state index < -0.39 is 10.0 Å². The largest absolute Gasteiger partial charge is 0.508 e. The van der Waals surface area contributed by atoms with Gasteiger partial charge < -0.3 is 10.8 Å². The Bertz CT molecular complexity index is 669. The van der Waals surface area contributed by atoms with Crippen LogP contribution in [0.15, 0.2) is 41.6 Å². The quantitative estimate of drug-likeness (QED) is 0.729. The molecular weight excluding hydrogens is 280 g/mol. The van der Waals surface area contributed by atoms with E-state index in [0.717, 1.165) is 18.0 Å². The third kappa shape index (κ3) is 3.65. The number of hydrogen-bond donors (Lipinski definition) is 3. The molecule has 2 rings (SSSR count). The molecule has 1 heterocycles. The minimum atomic E-state index is -3.64. The van der Waals surface area contributed by atoms with Crippen LogP contribution in [0.2, 0.25) is 0 Å². The summed E-state index contributed by atoms with van der Waals surface area (Å²) in [6, 6.07) is 6.57. The van der Waals surface area contributed by atoms with Gasteiger partial charge in [-0.25, -0.2) is 23.1 Å². The Morgan fingerprint density at radius 2 is 1.75 bits per heavy atom. The third-order valence-corrected chi connectivity index (χ3v) is 4.02. The number of aromatic hydroxyl groups is 1. The number of aromatic nitrogens is 2. The molecule has 0 aliphatic carbocycles. The van der Waals surface area contributed by atoms with Gasteiger partial charge in [0.15, 0.2) is 0 Å². The van der Waals surface area contributed by atoms with Gasteiger partial charge in [-0.2, -0.15) is 0 Å². The van der Waals surface area contributed by atoms with E-state index >= 15 is 0 Å². The normalized spacial score (nSPS) is 11.4. The summed E-state index contributed by atoms with van der Waals surface area (Å²) in [6.45, 7) is 0.234. The van der Waals surface area contributed by atoms with Crippen LogP contribution in [0.1, 0.15) is 5.56 Å². The van der Waals surface area contributed by atoms with Gasteiger partial charge >= 0.3 is 0 Å². The first-order valence-electron chi connectivity index (χ1n) is 5.82. The van der Waals surface area contributed by atoms with Gasteiger partial charge in [-0.05, 0) is 24.1 Å². The van der Waals surface area contributed by atoms with Crippen molar-refractivity contribution in [1.29, 1.82) is 0 Å². The summed E-state index contributed by atoms with van der Waals surface area (Å²) in [5.74, 6) is 0.196. The summed E-state index contributed by atoms with van der Waals surface area (Å²) in [4.78, 5) is 7.25. The molecule has 0 saturated carbocycles. The first kappa shape index (κ1) is 14.2. The number of phenolic OH excluding ortho intramolecular Hbond substituents is 1. The van der Waals surface area contributed by atoms with E-state index in [2.05, 4.69) is 14.7 Å². The zero-order chi connectivity index (χ0) is 14.6. The number of benzene rings is 1. The Morgan fingerprint density at radius 1 is 1.15 bits per heavy atom. The number of nitrogens with zero attached hydrogens (tertiary/aromatic N) is 2. The molecule has 0 bridgehead atoms. The Labute approximate surface area is 116 Å². The second kappa shape index (κ2) is 5.85. The molecule has 0 spiro atoms. The van der Waals surface area contributed by atoms with Gasteiger partial charge in [0.25, 0.3) is 0 Å². The van der Waals surface area contributed by atoms with Crippen molar-refractivity contribution in [3.63, 3.8) is 0 Å². The predicted octanol–water partition coefficient (Wildman–Crippen LogP) is 0.285. The molecule has 0 saturated heterocycles. The predicted molar refractivity (Wildman–Crippen MR) is 73.4 cm³/mol. The Kier molecular flexibility index (Phi) is 4.16.